The van der Waals surface area contributed by atoms with Crippen LogP contribution in [-0.4, -0.2) is 11.8 Å². The van der Waals surface area contributed by atoms with E-state index in [1.54, 1.807) is 6.07 Å². The highest BCUT2D eigenvalue weighted by atomic mass is 32.1. The molecule has 1 aromatic carbocycles. The van der Waals surface area contributed by atoms with E-state index in [-0.39, 0.29) is 11.8 Å². The van der Waals surface area contributed by atoms with Crippen molar-refractivity contribution in [3.63, 3.8) is 0 Å². The molecule has 0 fully saturated rings. The molecule has 20 heavy (non-hydrogen) atoms. The first-order valence-corrected chi connectivity index (χ1v) is 7.38. The minimum Gasteiger partial charge on any atom is -0.326 e. The van der Waals surface area contributed by atoms with Crippen molar-refractivity contribution in [2.45, 2.75) is 19.3 Å². The highest BCUT2D eigenvalue weighted by Gasteiger charge is 2.14. The SMILES string of the molecule is O=C1CCCc2cc(NC(=O)c3cccs3)ccc2N1. The molecule has 2 N–H and O–H groups in total. The highest BCUT2D eigenvalue weighted by Crippen LogP contribution is 2.25. The molecule has 0 saturated carbocycles. The summed E-state index contributed by atoms with van der Waals surface area (Å²) in [6.45, 7) is 0. The monoisotopic (exact) mass is 286 g/mol. The van der Waals surface area contributed by atoms with E-state index in [1.807, 2.05) is 29.6 Å². The summed E-state index contributed by atoms with van der Waals surface area (Å²) in [6.07, 6.45) is 2.23. The predicted octanol–water partition coefficient (Wildman–Crippen LogP) is 3.28. The fourth-order valence-corrected chi connectivity index (χ4v) is 2.87. The molecule has 0 radical (unpaired) electrons. The molecule has 0 spiro atoms. The Kier molecular flexibility index (Phi) is 3.52. The van der Waals surface area contributed by atoms with Crippen molar-refractivity contribution in [2.24, 2.45) is 0 Å². The van der Waals surface area contributed by atoms with E-state index in [4.69, 9.17) is 0 Å². The highest BCUT2D eigenvalue weighted by molar-refractivity contribution is 7.12. The van der Waals surface area contributed by atoms with Gasteiger partial charge in [-0.3, -0.25) is 9.59 Å². The fraction of sp³-hybridized carbons (Fsp3) is 0.200. The zero-order valence-electron chi connectivity index (χ0n) is 10.8. The van der Waals surface area contributed by atoms with Crippen LogP contribution in [0.15, 0.2) is 35.7 Å². The lowest BCUT2D eigenvalue weighted by molar-refractivity contribution is -0.116. The number of anilines is 2. The Morgan fingerprint density at radius 1 is 1.25 bits per heavy atom. The van der Waals surface area contributed by atoms with Gasteiger partial charge >= 0.3 is 0 Å². The van der Waals surface area contributed by atoms with E-state index in [9.17, 15) is 9.59 Å². The summed E-state index contributed by atoms with van der Waals surface area (Å²) >= 11 is 1.41. The third-order valence-electron chi connectivity index (χ3n) is 3.23. The number of carbonyl (C=O) groups is 2. The fourth-order valence-electron chi connectivity index (χ4n) is 2.25. The number of thiophene rings is 1. The summed E-state index contributed by atoms with van der Waals surface area (Å²) in [5, 5.41) is 7.64. The molecular weight excluding hydrogens is 272 g/mol. The molecule has 1 aliphatic rings. The van der Waals surface area contributed by atoms with E-state index in [0.29, 0.717) is 11.3 Å². The number of benzene rings is 1. The zero-order valence-corrected chi connectivity index (χ0v) is 11.6. The Hall–Kier alpha value is -2.14. The molecular formula is C15H14N2O2S. The number of hydrogen-bond acceptors (Lipinski definition) is 3. The van der Waals surface area contributed by atoms with Crippen LogP contribution < -0.4 is 10.6 Å². The van der Waals surface area contributed by atoms with Crippen LogP contribution in [0.1, 0.15) is 28.1 Å². The van der Waals surface area contributed by atoms with Crippen LogP contribution in [0.4, 0.5) is 11.4 Å². The first kappa shape index (κ1) is 12.9. The van der Waals surface area contributed by atoms with Gasteiger partial charge in [0.05, 0.1) is 4.88 Å². The first-order chi connectivity index (χ1) is 9.72. The van der Waals surface area contributed by atoms with Crippen LogP contribution >= 0.6 is 11.3 Å². The van der Waals surface area contributed by atoms with Crippen molar-refractivity contribution in [3.8, 4) is 0 Å². The molecule has 102 valence electrons. The number of fused-ring (bicyclic) bond motifs is 1. The summed E-state index contributed by atoms with van der Waals surface area (Å²) in [6, 6.07) is 9.25. The largest absolute Gasteiger partial charge is 0.326 e. The van der Waals surface area contributed by atoms with Gasteiger partial charge < -0.3 is 10.6 Å². The second kappa shape index (κ2) is 5.46. The standard InChI is InChI=1S/C15H14N2O2S/c18-14-5-1-3-10-9-11(6-7-12(10)17-14)16-15(19)13-4-2-8-20-13/h2,4,6-9H,1,3,5H2,(H,16,19)(H,17,18). The van der Waals surface area contributed by atoms with Crippen molar-refractivity contribution in [2.75, 3.05) is 10.6 Å². The molecule has 3 rings (SSSR count). The van der Waals surface area contributed by atoms with Gasteiger partial charge in [-0.15, -0.1) is 11.3 Å². The van der Waals surface area contributed by atoms with Crippen LogP contribution in [0, 0.1) is 0 Å². The predicted molar refractivity (Wildman–Crippen MR) is 80.3 cm³/mol. The van der Waals surface area contributed by atoms with Crippen LogP contribution in [0.25, 0.3) is 0 Å². The number of hydrogen-bond donors (Lipinski definition) is 2. The molecule has 4 nitrogen and oxygen atoms in total. The van der Waals surface area contributed by atoms with Gasteiger partial charge in [0, 0.05) is 17.8 Å². The van der Waals surface area contributed by atoms with Gasteiger partial charge in [0.25, 0.3) is 5.91 Å². The van der Waals surface area contributed by atoms with Crippen molar-refractivity contribution in [1.82, 2.24) is 0 Å². The van der Waals surface area contributed by atoms with Crippen LogP contribution in [0.2, 0.25) is 0 Å². The molecule has 0 aliphatic carbocycles. The van der Waals surface area contributed by atoms with Gasteiger partial charge in [-0.2, -0.15) is 0 Å². The molecule has 0 atom stereocenters. The molecule has 2 aromatic rings. The summed E-state index contributed by atoms with van der Waals surface area (Å²) in [5.41, 5.74) is 2.68. The van der Waals surface area contributed by atoms with E-state index >= 15 is 0 Å². The average molecular weight is 286 g/mol. The Bertz CT molecular complexity index is 650. The van der Waals surface area contributed by atoms with E-state index in [0.717, 1.165) is 29.8 Å². The molecule has 2 heterocycles. The first-order valence-electron chi connectivity index (χ1n) is 6.50. The number of carbonyl (C=O) groups excluding carboxylic acids is 2. The smallest absolute Gasteiger partial charge is 0.265 e. The topological polar surface area (TPSA) is 58.2 Å². The van der Waals surface area contributed by atoms with E-state index in [2.05, 4.69) is 10.6 Å². The average Bonchev–Trinajstić information content (AvgIpc) is 2.89. The van der Waals surface area contributed by atoms with Crippen molar-refractivity contribution >= 4 is 34.5 Å². The lowest BCUT2D eigenvalue weighted by Gasteiger charge is -2.10. The van der Waals surface area contributed by atoms with Crippen molar-refractivity contribution in [3.05, 3.63) is 46.2 Å². The lowest BCUT2D eigenvalue weighted by Crippen LogP contribution is -2.11. The Morgan fingerprint density at radius 3 is 2.95 bits per heavy atom. The van der Waals surface area contributed by atoms with Gasteiger partial charge in [0.1, 0.15) is 0 Å². The lowest BCUT2D eigenvalue weighted by atomic mass is 10.1. The Morgan fingerprint density at radius 2 is 2.15 bits per heavy atom. The van der Waals surface area contributed by atoms with Crippen LogP contribution in [0.5, 0.6) is 0 Å². The van der Waals surface area contributed by atoms with Gasteiger partial charge in [0.15, 0.2) is 0 Å². The second-order valence-electron chi connectivity index (χ2n) is 4.71. The molecule has 0 bridgehead atoms. The maximum Gasteiger partial charge on any atom is 0.265 e. The minimum absolute atomic E-state index is 0.0547. The number of amides is 2. The Balaban J connectivity index is 1.80. The van der Waals surface area contributed by atoms with Gasteiger partial charge in [-0.05, 0) is 48.1 Å². The Labute approximate surface area is 120 Å². The normalized spacial score (nSPS) is 14.1. The summed E-state index contributed by atoms with van der Waals surface area (Å²) in [4.78, 5) is 24.2. The summed E-state index contributed by atoms with van der Waals surface area (Å²) < 4.78 is 0. The van der Waals surface area contributed by atoms with Gasteiger partial charge in [-0.25, -0.2) is 0 Å². The summed E-state index contributed by atoms with van der Waals surface area (Å²) in [5.74, 6) is -0.0447. The minimum atomic E-state index is -0.0994. The number of rotatable bonds is 2. The van der Waals surface area contributed by atoms with Crippen LogP contribution in [-0.2, 0) is 11.2 Å². The molecule has 2 amide bonds. The molecule has 5 heteroatoms. The van der Waals surface area contributed by atoms with Gasteiger partial charge in [0.2, 0.25) is 5.91 Å². The molecule has 0 unspecified atom stereocenters. The van der Waals surface area contributed by atoms with Gasteiger partial charge in [-0.1, -0.05) is 6.07 Å². The maximum absolute atomic E-state index is 12.0. The van der Waals surface area contributed by atoms with E-state index in [1.165, 1.54) is 11.3 Å². The summed E-state index contributed by atoms with van der Waals surface area (Å²) in [7, 11) is 0. The van der Waals surface area contributed by atoms with Crippen molar-refractivity contribution < 1.29 is 9.59 Å². The quantitative estimate of drug-likeness (QED) is 0.890. The van der Waals surface area contributed by atoms with E-state index < -0.39 is 0 Å². The number of nitrogens with one attached hydrogen (secondary N) is 2. The third kappa shape index (κ3) is 2.72. The zero-order chi connectivity index (χ0) is 13.9. The number of aryl methyl sites for hydroxylation is 1. The molecule has 0 saturated heterocycles. The van der Waals surface area contributed by atoms with Crippen molar-refractivity contribution in [1.29, 1.82) is 0 Å². The molecule has 1 aromatic heterocycles. The third-order valence-corrected chi connectivity index (χ3v) is 4.10. The second-order valence-corrected chi connectivity index (χ2v) is 5.65. The molecule has 1 aliphatic heterocycles. The van der Waals surface area contributed by atoms with Crippen LogP contribution in [0.3, 0.4) is 0 Å². The maximum atomic E-state index is 12.0.